The van der Waals surface area contributed by atoms with Gasteiger partial charge in [0.25, 0.3) is 15.9 Å². The van der Waals surface area contributed by atoms with Crippen molar-refractivity contribution in [1.29, 1.82) is 0 Å². The van der Waals surface area contributed by atoms with Gasteiger partial charge in [-0.2, -0.15) is 26.3 Å². The minimum Gasteiger partial charge on any atom is -0.496 e. The highest BCUT2D eigenvalue weighted by molar-refractivity contribution is 7.93. The van der Waals surface area contributed by atoms with Crippen LogP contribution in [-0.2, 0) is 25.2 Å². The number of methoxy groups -OCH3 is 1. The van der Waals surface area contributed by atoms with E-state index >= 15 is 4.79 Å². The number of likely N-dealkylation sites (tertiary alicyclic amines) is 1. The zero-order valence-electron chi connectivity index (χ0n) is 27.0. The number of hydrogen-bond acceptors (Lipinski definition) is 9. The number of carbonyl (C=O) groups is 2. The number of sulfonamides is 1. The van der Waals surface area contributed by atoms with Gasteiger partial charge in [-0.25, -0.2) is 12.7 Å². The van der Waals surface area contributed by atoms with Crippen molar-refractivity contribution in [1.82, 2.24) is 9.80 Å². The van der Waals surface area contributed by atoms with Gasteiger partial charge < -0.3 is 24.2 Å². The summed E-state index contributed by atoms with van der Waals surface area (Å²) in [6.07, 6.45) is -11.2. The van der Waals surface area contributed by atoms with Crippen LogP contribution in [0.4, 0.5) is 32.0 Å². The number of nitrogens with zero attached hydrogens (tertiary/aromatic N) is 3. The fraction of sp³-hybridized carbons (Fsp3) is 0.375. The van der Waals surface area contributed by atoms with Crippen molar-refractivity contribution in [3.63, 3.8) is 0 Å². The first-order valence-electron chi connectivity index (χ1n) is 14.9. The smallest absolute Gasteiger partial charge is 0.422 e. The fourth-order valence-electron chi connectivity index (χ4n) is 6.26. The molecule has 2 heterocycles. The molecule has 0 radical (unpaired) electrons. The highest BCUT2D eigenvalue weighted by Gasteiger charge is 2.64. The normalized spacial score (nSPS) is 21.1. The Kier molecular flexibility index (Phi) is 10.2. The Bertz CT molecular complexity index is 1940. The molecule has 11 nitrogen and oxygen atoms in total. The average molecular weight is 766 g/mol. The molecule has 276 valence electrons. The molecule has 0 bridgehead atoms. The second kappa shape index (κ2) is 13.7. The van der Waals surface area contributed by atoms with E-state index in [-0.39, 0.29) is 44.9 Å². The van der Waals surface area contributed by atoms with Crippen molar-refractivity contribution < 1.29 is 63.7 Å². The maximum atomic E-state index is 15.3. The Morgan fingerprint density at radius 3 is 2.24 bits per heavy atom. The molecule has 19 heteroatoms. The van der Waals surface area contributed by atoms with Gasteiger partial charge in [-0.05, 0) is 42.8 Å². The van der Waals surface area contributed by atoms with Crippen LogP contribution in [0.3, 0.4) is 0 Å². The SMILES string of the molecule is COc1ccccc1C1(N2C[C@@H](O)C[C@@H]2C(=O)N(C)C)C(=O)N(S(=O)(=O)c2cc(OCC(F)(F)F)ccc2OCC(F)(F)F)c2ccc(Cl)cc21. The lowest BCUT2D eigenvalue weighted by molar-refractivity contribution is -0.154. The predicted octanol–water partition coefficient (Wildman–Crippen LogP) is 4.73. The standard InChI is InChI=1S/C32H30ClF6N3O8S/c1-40(2)28(44)24-13-19(43)15-41(24)32(21-6-4-5-7-25(21)48-3)22-12-18(33)8-10-23(22)42(29(32)45)51(46,47)27-14-20(49-16-30(34,35)36)9-11-26(27)50-17-31(37,38)39/h4-12,14,19,24,43H,13,15-17H2,1-3H3/t19-,24+,32?/m0/s1. The number of fused-ring (bicyclic) bond motifs is 1. The topological polar surface area (TPSA) is 126 Å². The van der Waals surface area contributed by atoms with Crippen LogP contribution in [0, 0.1) is 0 Å². The van der Waals surface area contributed by atoms with Crippen molar-refractivity contribution >= 4 is 39.1 Å². The van der Waals surface area contributed by atoms with E-state index in [2.05, 4.69) is 0 Å². The van der Waals surface area contributed by atoms with Gasteiger partial charge in [-0.3, -0.25) is 14.5 Å². The third kappa shape index (κ3) is 7.14. The van der Waals surface area contributed by atoms with Crippen molar-refractivity contribution in [2.45, 2.75) is 41.4 Å². The first-order valence-corrected chi connectivity index (χ1v) is 16.8. The summed E-state index contributed by atoms with van der Waals surface area (Å²) in [5.74, 6) is -3.48. The molecule has 0 aliphatic carbocycles. The molecule has 2 amide bonds. The number of β-amino-alcohol motifs (C(OH)–C–C–N with tert-alkyl or cyclic N) is 1. The minimum atomic E-state index is -5.42. The molecule has 51 heavy (non-hydrogen) atoms. The number of halogens is 7. The summed E-state index contributed by atoms with van der Waals surface area (Å²) >= 11 is 6.44. The second-order valence-electron chi connectivity index (χ2n) is 11.9. The summed E-state index contributed by atoms with van der Waals surface area (Å²) in [5, 5.41) is 10.9. The van der Waals surface area contributed by atoms with E-state index in [1.807, 2.05) is 0 Å². The van der Waals surface area contributed by atoms with Crippen molar-refractivity contribution in [3.8, 4) is 17.2 Å². The monoisotopic (exact) mass is 765 g/mol. The number of aliphatic hydroxyl groups excluding tert-OH is 1. The third-order valence-electron chi connectivity index (χ3n) is 8.22. The maximum absolute atomic E-state index is 15.3. The zero-order valence-corrected chi connectivity index (χ0v) is 28.5. The van der Waals surface area contributed by atoms with Gasteiger partial charge in [0, 0.05) is 42.9 Å². The van der Waals surface area contributed by atoms with E-state index in [9.17, 15) is 44.7 Å². The Labute approximate surface area is 292 Å². The minimum absolute atomic E-state index is 0.00653. The summed E-state index contributed by atoms with van der Waals surface area (Å²) in [6.45, 7) is -4.23. The van der Waals surface area contributed by atoms with Gasteiger partial charge in [0.05, 0.1) is 24.9 Å². The van der Waals surface area contributed by atoms with Gasteiger partial charge in [0.2, 0.25) is 5.91 Å². The van der Waals surface area contributed by atoms with Crippen molar-refractivity contribution in [2.75, 3.05) is 45.3 Å². The highest BCUT2D eigenvalue weighted by Crippen LogP contribution is 2.55. The van der Waals surface area contributed by atoms with Crippen LogP contribution in [0.15, 0.2) is 65.6 Å². The number of anilines is 1. The van der Waals surface area contributed by atoms with E-state index in [0.29, 0.717) is 12.1 Å². The molecular weight excluding hydrogens is 736 g/mol. The molecule has 1 saturated heterocycles. The quantitative estimate of drug-likeness (QED) is 0.292. The number of aliphatic hydroxyl groups is 1. The number of ether oxygens (including phenoxy) is 3. The highest BCUT2D eigenvalue weighted by atomic mass is 35.5. The van der Waals surface area contributed by atoms with E-state index < -0.39 is 81.5 Å². The Balaban J connectivity index is 1.81. The second-order valence-corrected chi connectivity index (χ2v) is 14.0. The summed E-state index contributed by atoms with van der Waals surface area (Å²) in [7, 11) is -1.27. The molecule has 1 N–H and O–H groups in total. The molecule has 2 aliphatic heterocycles. The van der Waals surface area contributed by atoms with E-state index in [4.69, 9.17) is 25.8 Å². The van der Waals surface area contributed by atoms with Crippen LogP contribution in [0.5, 0.6) is 17.2 Å². The van der Waals surface area contributed by atoms with Gasteiger partial charge in [-0.15, -0.1) is 0 Å². The predicted molar refractivity (Wildman–Crippen MR) is 169 cm³/mol. The number of hydrogen-bond donors (Lipinski definition) is 1. The van der Waals surface area contributed by atoms with Crippen LogP contribution < -0.4 is 18.5 Å². The first-order chi connectivity index (χ1) is 23.7. The summed E-state index contributed by atoms with van der Waals surface area (Å²) < 4.78 is 124. The van der Waals surface area contributed by atoms with Crippen LogP contribution in [-0.4, -0.2) is 101 Å². The van der Waals surface area contributed by atoms with E-state index in [0.717, 1.165) is 12.1 Å². The third-order valence-corrected chi connectivity index (χ3v) is 10.2. The zero-order chi connectivity index (χ0) is 37.7. The number of para-hydroxylation sites is 1. The number of likely N-dealkylation sites (N-methyl/N-ethyl adjacent to an activating group) is 1. The number of benzene rings is 3. The van der Waals surface area contributed by atoms with Gasteiger partial charge in [0.15, 0.2) is 18.8 Å². The maximum Gasteiger partial charge on any atom is 0.422 e. The molecule has 3 aromatic rings. The number of carbonyl (C=O) groups excluding carboxylic acids is 2. The van der Waals surface area contributed by atoms with Crippen LogP contribution in [0.1, 0.15) is 17.5 Å². The first kappa shape index (κ1) is 38.0. The van der Waals surface area contributed by atoms with Crippen LogP contribution in [0.2, 0.25) is 5.02 Å². The molecule has 2 aliphatic rings. The molecule has 0 spiro atoms. The molecule has 1 fully saturated rings. The molecule has 5 rings (SSSR count). The lowest BCUT2D eigenvalue weighted by Gasteiger charge is -2.42. The van der Waals surface area contributed by atoms with E-state index in [1.54, 1.807) is 6.07 Å². The van der Waals surface area contributed by atoms with Crippen LogP contribution in [0.25, 0.3) is 0 Å². The molecule has 3 atom stereocenters. The van der Waals surface area contributed by atoms with Gasteiger partial charge in [0.1, 0.15) is 22.1 Å². The molecule has 0 saturated carbocycles. The van der Waals surface area contributed by atoms with Crippen molar-refractivity contribution in [3.05, 3.63) is 76.8 Å². The fourth-order valence-corrected chi connectivity index (χ4v) is 8.04. The average Bonchev–Trinajstić information content (AvgIpc) is 3.56. The summed E-state index contributed by atoms with van der Waals surface area (Å²) in [4.78, 5) is 30.3. The molecular formula is C32H30ClF6N3O8S. The Morgan fingerprint density at radius 1 is 0.961 bits per heavy atom. The van der Waals surface area contributed by atoms with Gasteiger partial charge in [-0.1, -0.05) is 29.8 Å². The largest absolute Gasteiger partial charge is 0.496 e. The summed E-state index contributed by atoms with van der Waals surface area (Å²) in [6, 6.07) is 10.3. The van der Waals surface area contributed by atoms with Crippen molar-refractivity contribution in [2.24, 2.45) is 0 Å². The lowest BCUT2D eigenvalue weighted by atomic mass is 9.80. The van der Waals surface area contributed by atoms with Gasteiger partial charge >= 0.3 is 12.4 Å². The molecule has 1 unspecified atom stereocenters. The summed E-state index contributed by atoms with van der Waals surface area (Å²) in [5.41, 5.74) is -2.76. The molecule has 3 aromatic carbocycles. The number of rotatable bonds is 10. The Hall–Kier alpha value is -4.26. The Morgan fingerprint density at radius 2 is 1.61 bits per heavy atom. The molecule has 0 aromatic heterocycles. The van der Waals surface area contributed by atoms with E-state index in [1.165, 1.54) is 61.3 Å². The number of alkyl halides is 6. The number of amides is 2. The van der Waals surface area contributed by atoms with Crippen LogP contribution >= 0.6 is 11.6 Å². The lowest BCUT2D eigenvalue weighted by Crippen LogP contribution is -2.59.